The highest BCUT2D eigenvalue weighted by Crippen LogP contribution is 2.19. The number of esters is 1. The van der Waals surface area contributed by atoms with Gasteiger partial charge in [0.15, 0.2) is 5.96 Å². The topological polar surface area (TPSA) is 70.3 Å². The third-order valence-corrected chi connectivity index (χ3v) is 5.54. The van der Waals surface area contributed by atoms with Gasteiger partial charge in [-0.1, -0.05) is 24.3 Å². The Hall–Kier alpha value is -2.80. The van der Waals surface area contributed by atoms with Crippen molar-refractivity contribution in [1.82, 2.24) is 15.1 Å². The van der Waals surface area contributed by atoms with Crippen LogP contribution in [0.4, 0.5) is 0 Å². The predicted molar refractivity (Wildman–Crippen MR) is 117 cm³/mol. The number of methoxy groups -OCH3 is 1. The standard InChI is InChI=1S/C23H32N4O3/c1-24-23(27-12-10-18(11-13-27)22(28)29-3)25-15-19-7-4-5-8-20(19)16-26(2)17-21-9-6-14-30-21/h4-9,14,18H,10-13,15-17H2,1-3H3,(H,24,25). The summed E-state index contributed by atoms with van der Waals surface area (Å²) in [7, 11) is 5.35. The van der Waals surface area contributed by atoms with Crippen LogP contribution in [0.5, 0.6) is 0 Å². The van der Waals surface area contributed by atoms with Crippen LogP contribution in [-0.2, 0) is 29.2 Å². The number of piperidine rings is 1. The second-order valence-electron chi connectivity index (χ2n) is 7.71. The van der Waals surface area contributed by atoms with Gasteiger partial charge < -0.3 is 19.4 Å². The van der Waals surface area contributed by atoms with Crippen LogP contribution in [0.15, 0.2) is 52.1 Å². The molecule has 3 rings (SSSR count). The van der Waals surface area contributed by atoms with Gasteiger partial charge in [-0.25, -0.2) is 0 Å². The van der Waals surface area contributed by atoms with Crippen LogP contribution in [0, 0.1) is 5.92 Å². The molecule has 0 amide bonds. The van der Waals surface area contributed by atoms with E-state index in [0.29, 0.717) is 6.54 Å². The van der Waals surface area contributed by atoms with E-state index in [4.69, 9.17) is 9.15 Å². The summed E-state index contributed by atoms with van der Waals surface area (Å²) in [5.41, 5.74) is 2.52. The Balaban J connectivity index is 1.55. The summed E-state index contributed by atoms with van der Waals surface area (Å²) in [5, 5.41) is 3.50. The Morgan fingerprint density at radius 2 is 1.93 bits per heavy atom. The second kappa shape index (κ2) is 10.8. The zero-order valence-electron chi connectivity index (χ0n) is 18.1. The Labute approximate surface area is 178 Å². The van der Waals surface area contributed by atoms with Gasteiger partial charge in [-0.3, -0.25) is 14.7 Å². The molecule has 7 heteroatoms. The summed E-state index contributed by atoms with van der Waals surface area (Å²) in [5.74, 6) is 1.72. The fourth-order valence-electron chi connectivity index (χ4n) is 3.90. The normalized spacial score (nSPS) is 15.5. The van der Waals surface area contributed by atoms with Crippen LogP contribution < -0.4 is 5.32 Å². The van der Waals surface area contributed by atoms with Crippen LogP contribution in [0.1, 0.15) is 29.7 Å². The molecule has 1 N–H and O–H groups in total. The average molecular weight is 413 g/mol. The lowest BCUT2D eigenvalue weighted by Gasteiger charge is -2.33. The monoisotopic (exact) mass is 412 g/mol. The number of hydrogen-bond acceptors (Lipinski definition) is 5. The Bertz CT molecular complexity index is 827. The van der Waals surface area contributed by atoms with E-state index in [-0.39, 0.29) is 11.9 Å². The third-order valence-electron chi connectivity index (χ3n) is 5.54. The summed E-state index contributed by atoms with van der Waals surface area (Å²) >= 11 is 0. The SMILES string of the molecule is CN=C(NCc1ccccc1CN(C)Cc1ccco1)N1CCC(C(=O)OC)CC1. The van der Waals surface area contributed by atoms with Gasteiger partial charge in [0.1, 0.15) is 5.76 Å². The highest BCUT2D eigenvalue weighted by Gasteiger charge is 2.27. The molecule has 2 aromatic rings. The number of ether oxygens (including phenoxy) is 1. The highest BCUT2D eigenvalue weighted by atomic mass is 16.5. The molecule has 1 aliphatic heterocycles. The number of nitrogens with one attached hydrogen (secondary N) is 1. The molecular formula is C23H32N4O3. The van der Waals surface area contributed by atoms with E-state index in [1.807, 2.05) is 12.1 Å². The van der Waals surface area contributed by atoms with Crippen molar-refractivity contribution in [2.24, 2.45) is 10.9 Å². The minimum atomic E-state index is -0.106. The third kappa shape index (κ3) is 5.86. The van der Waals surface area contributed by atoms with Gasteiger partial charge in [-0.15, -0.1) is 0 Å². The zero-order chi connectivity index (χ0) is 21.3. The summed E-state index contributed by atoms with van der Waals surface area (Å²) in [6, 6.07) is 12.4. The van der Waals surface area contributed by atoms with Crippen molar-refractivity contribution in [3.05, 3.63) is 59.5 Å². The Kier molecular flexibility index (Phi) is 7.90. The lowest BCUT2D eigenvalue weighted by molar-refractivity contribution is -0.146. The first-order valence-corrected chi connectivity index (χ1v) is 10.4. The molecule has 1 aromatic carbocycles. The first-order chi connectivity index (χ1) is 14.6. The molecule has 1 fully saturated rings. The van der Waals surface area contributed by atoms with Crippen LogP contribution >= 0.6 is 0 Å². The number of hydrogen-bond donors (Lipinski definition) is 1. The number of guanidine groups is 1. The maximum atomic E-state index is 11.8. The molecule has 30 heavy (non-hydrogen) atoms. The lowest BCUT2D eigenvalue weighted by atomic mass is 9.97. The molecule has 0 radical (unpaired) electrons. The molecule has 1 aliphatic rings. The molecule has 0 spiro atoms. The van der Waals surface area contributed by atoms with E-state index in [0.717, 1.165) is 50.7 Å². The number of nitrogens with zero attached hydrogens (tertiary/aromatic N) is 3. The quantitative estimate of drug-likeness (QED) is 0.428. The van der Waals surface area contributed by atoms with Crippen molar-refractivity contribution in [3.8, 4) is 0 Å². The molecule has 0 saturated carbocycles. The first kappa shape index (κ1) is 21.9. The van der Waals surface area contributed by atoms with Gasteiger partial charge >= 0.3 is 5.97 Å². The van der Waals surface area contributed by atoms with Crippen molar-refractivity contribution in [1.29, 1.82) is 0 Å². The lowest BCUT2D eigenvalue weighted by Crippen LogP contribution is -2.46. The van der Waals surface area contributed by atoms with Crippen molar-refractivity contribution in [2.75, 3.05) is 34.3 Å². The molecule has 7 nitrogen and oxygen atoms in total. The molecule has 1 aromatic heterocycles. The van der Waals surface area contributed by atoms with Crippen LogP contribution in [-0.4, -0.2) is 56.0 Å². The summed E-state index contributed by atoms with van der Waals surface area (Å²) < 4.78 is 10.3. The molecule has 1 saturated heterocycles. The molecule has 0 unspecified atom stereocenters. The smallest absolute Gasteiger partial charge is 0.308 e. The highest BCUT2D eigenvalue weighted by molar-refractivity contribution is 5.80. The van der Waals surface area contributed by atoms with Gasteiger partial charge in [0, 0.05) is 33.2 Å². The number of carbonyl (C=O) groups excluding carboxylic acids is 1. The fraction of sp³-hybridized carbons (Fsp3) is 0.478. The molecule has 162 valence electrons. The van der Waals surface area contributed by atoms with E-state index in [2.05, 4.69) is 51.4 Å². The van der Waals surface area contributed by atoms with Gasteiger partial charge in [-0.05, 0) is 43.1 Å². The molecule has 2 heterocycles. The van der Waals surface area contributed by atoms with E-state index in [1.165, 1.54) is 18.2 Å². The van der Waals surface area contributed by atoms with Crippen molar-refractivity contribution < 1.29 is 13.9 Å². The molecule has 0 atom stereocenters. The molecular weight excluding hydrogens is 380 g/mol. The van der Waals surface area contributed by atoms with E-state index in [9.17, 15) is 4.79 Å². The summed E-state index contributed by atoms with van der Waals surface area (Å²) in [6.07, 6.45) is 3.30. The maximum Gasteiger partial charge on any atom is 0.308 e. The van der Waals surface area contributed by atoms with Gasteiger partial charge in [-0.2, -0.15) is 0 Å². The number of likely N-dealkylation sites (tertiary alicyclic amines) is 1. The molecule has 0 bridgehead atoms. The van der Waals surface area contributed by atoms with Gasteiger partial charge in [0.05, 0.1) is 25.8 Å². The van der Waals surface area contributed by atoms with E-state index >= 15 is 0 Å². The van der Waals surface area contributed by atoms with Crippen LogP contribution in [0.3, 0.4) is 0 Å². The maximum absolute atomic E-state index is 11.8. The van der Waals surface area contributed by atoms with Crippen LogP contribution in [0.2, 0.25) is 0 Å². The second-order valence-corrected chi connectivity index (χ2v) is 7.71. The number of carbonyl (C=O) groups is 1. The molecule has 0 aliphatic carbocycles. The Morgan fingerprint density at radius 1 is 1.20 bits per heavy atom. The van der Waals surface area contributed by atoms with E-state index < -0.39 is 0 Å². The fourth-order valence-corrected chi connectivity index (χ4v) is 3.90. The minimum absolute atomic E-state index is 0.00483. The van der Waals surface area contributed by atoms with Gasteiger partial charge in [0.25, 0.3) is 0 Å². The van der Waals surface area contributed by atoms with E-state index in [1.54, 1.807) is 13.3 Å². The number of rotatable bonds is 7. The number of furan rings is 1. The van der Waals surface area contributed by atoms with Gasteiger partial charge in [0.2, 0.25) is 0 Å². The number of aliphatic imine (C=N–C) groups is 1. The zero-order valence-corrected chi connectivity index (χ0v) is 18.1. The summed E-state index contributed by atoms with van der Waals surface area (Å²) in [6.45, 7) is 3.90. The van der Waals surface area contributed by atoms with Crippen molar-refractivity contribution in [2.45, 2.75) is 32.5 Å². The van der Waals surface area contributed by atoms with Crippen molar-refractivity contribution in [3.63, 3.8) is 0 Å². The van der Waals surface area contributed by atoms with Crippen LogP contribution in [0.25, 0.3) is 0 Å². The largest absolute Gasteiger partial charge is 0.469 e. The average Bonchev–Trinajstić information content (AvgIpc) is 3.28. The number of benzene rings is 1. The first-order valence-electron chi connectivity index (χ1n) is 10.4. The minimum Gasteiger partial charge on any atom is -0.469 e. The predicted octanol–water partition coefficient (Wildman–Crippen LogP) is 2.87. The Morgan fingerprint density at radius 3 is 2.57 bits per heavy atom. The van der Waals surface area contributed by atoms with Crippen molar-refractivity contribution >= 4 is 11.9 Å². The summed E-state index contributed by atoms with van der Waals surface area (Å²) in [4.78, 5) is 20.7.